The standard InChI is InChI=1S/C14H20O3/c1-4-15-14(12-8-6-5-7-9-12)16-10-13(2,3)11-17-14/h5-9H,4,10-11H2,1-3H3. The van der Waals surface area contributed by atoms with Crippen molar-refractivity contribution in [2.24, 2.45) is 5.41 Å². The van der Waals surface area contributed by atoms with Gasteiger partial charge < -0.3 is 14.2 Å². The number of rotatable bonds is 3. The van der Waals surface area contributed by atoms with Gasteiger partial charge in [-0.3, -0.25) is 0 Å². The molecule has 3 heteroatoms. The largest absolute Gasteiger partial charge is 0.324 e. The van der Waals surface area contributed by atoms with E-state index in [9.17, 15) is 0 Å². The molecule has 0 amide bonds. The van der Waals surface area contributed by atoms with Gasteiger partial charge in [0.25, 0.3) is 0 Å². The van der Waals surface area contributed by atoms with E-state index in [1.54, 1.807) is 0 Å². The van der Waals surface area contributed by atoms with E-state index in [1.165, 1.54) is 0 Å². The molecular formula is C14H20O3. The lowest BCUT2D eigenvalue weighted by Crippen LogP contribution is -2.47. The van der Waals surface area contributed by atoms with Crippen LogP contribution in [0.3, 0.4) is 0 Å². The average Bonchev–Trinajstić information content (AvgIpc) is 2.34. The van der Waals surface area contributed by atoms with Crippen LogP contribution >= 0.6 is 0 Å². The van der Waals surface area contributed by atoms with Crippen LogP contribution in [-0.4, -0.2) is 19.8 Å². The summed E-state index contributed by atoms with van der Waals surface area (Å²) in [5.41, 5.74) is 0.951. The second-order valence-corrected chi connectivity index (χ2v) is 5.10. The number of ether oxygens (including phenoxy) is 3. The summed E-state index contributed by atoms with van der Waals surface area (Å²) in [5, 5.41) is 0. The fourth-order valence-electron chi connectivity index (χ4n) is 1.83. The van der Waals surface area contributed by atoms with Crippen molar-refractivity contribution in [3.63, 3.8) is 0 Å². The summed E-state index contributed by atoms with van der Waals surface area (Å²) in [6.45, 7) is 7.98. The molecule has 0 spiro atoms. The predicted octanol–water partition coefficient (Wildman–Crippen LogP) is 2.91. The van der Waals surface area contributed by atoms with Crippen molar-refractivity contribution in [3.8, 4) is 0 Å². The van der Waals surface area contributed by atoms with Crippen molar-refractivity contribution in [1.29, 1.82) is 0 Å². The zero-order chi connectivity index (χ0) is 12.4. The quantitative estimate of drug-likeness (QED) is 0.807. The zero-order valence-corrected chi connectivity index (χ0v) is 10.7. The van der Waals surface area contributed by atoms with Crippen LogP contribution in [0.4, 0.5) is 0 Å². The lowest BCUT2D eigenvalue weighted by atomic mass is 9.95. The van der Waals surface area contributed by atoms with Gasteiger partial charge in [-0.2, -0.15) is 0 Å². The van der Waals surface area contributed by atoms with Gasteiger partial charge in [-0.05, 0) is 6.92 Å². The second-order valence-electron chi connectivity index (χ2n) is 5.10. The first-order valence-electron chi connectivity index (χ1n) is 6.05. The molecule has 0 radical (unpaired) electrons. The number of hydrogen-bond acceptors (Lipinski definition) is 3. The van der Waals surface area contributed by atoms with Gasteiger partial charge in [0, 0.05) is 17.6 Å². The maximum absolute atomic E-state index is 5.86. The third-order valence-corrected chi connectivity index (χ3v) is 2.77. The zero-order valence-electron chi connectivity index (χ0n) is 10.7. The van der Waals surface area contributed by atoms with Gasteiger partial charge in [-0.15, -0.1) is 0 Å². The van der Waals surface area contributed by atoms with Crippen LogP contribution in [0.25, 0.3) is 0 Å². The Morgan fingerprint density at radius 2 is 1.71 bits per heavy atom. The maximum atomic E-state index is 5.86. The second kappa shape index (κ2) is 4.77. The molecule has 0 unspecified atom stereocenters. The van der Waals surface area contributed by atoms with Gasteiger partial charge in [0.2, 0.25) is 0 Å². The van der Waals surface area contributed by atoms with E-state index in [0.717, 1.165) is 5.56 Å². The van der Waals surface area contributed by atoms with Crippen molar-refractivity contribution in [2.45, 2.75) is 26.7 Å². The van der Waals surface area contributed by atoms with Crippen molar-refractivity contribution in [3.05, 3.63) is 35.9 Å². The van der Waals surface area contributed by atoms with E-state index in [-0.39, 0.29) is 5.41 Å². The monoisotopic (exact) mass is 236 g/mol. The smallest absolute Gasteiger partial charge is 0.312 e. The van der Waals surface area contributed by atoms with E-state index in [4.69, 9.17) is 14.2 Å². The fraction of sp³-hybridized carbons (Fsp3) is 0.571. The van der Waals surface area contributed by atoms with Gasteiger partial charge in [0.05, 0.1) is 13.2 Å². The van der Waals surface area contributed by atoms with Crippen LogP contribution in [0.2, 0.25) is 0 Å². The van der Waals surface area contributed by atoms with Crippen molar-refractivity contribution >= 4 is 0 Å². The van der Waals surface area contributed by atoms with Gasteiger partial charge in [0.1, 0.15) is 0 Å². The minimum absolute atomic E-state index is 0.0371. The molecule has 1 aromatic carbocycles. The molecule has 0 aliphatic carbocycles. The lowest BCUT2D eigenvalue weighted by Gasteiger charge is -2.42. The van der Waals surface area contributed by atoms with Crippen LogP contribution < -0.4 is 0 Å². The Labute approximate surface area is 103 Å². The minimum atomic E-state index is -1.02. The van der Waals surface area contributed by atoms with Crippen LogP contribution in [0, 0.1) is 5.41 Å². The Bertz CT molecular complexity index is 349. The minimum Gasteiger partial charge on any atom is -0.324 e. The van der Waals surface area contributed by atoms with Crippen LogP contribution in [0.1, 0.15) is 26.3 Å². The highest BCUT2D eigenvalue weighted by atomic mass is 16.9. The molecule has 3 nitrogen and oxygen atoms in total. The molecule has 1 aliphatic rings. The molecule has 1 saturated heterocycles. The molecule has 0 aromatic heterocycles. The summed E-state index contributed by atoms with van der Waals surface area (Å²) in [6, 6.07) is 9.82. The van der Waals surface area contributed by atoms with Crippen molar-refractivity contribution < 1.29 is 14.2 Å². The summed E-state index contributed by atoms with van der Waals surface area (Å²) in [6.07, 6.45) is 0. The number of benzene rings is 1. The lowest BCUT2D eigenvalue weighted by molar-refractivity contribution is -0.428. The van der Waals surface area contributed by atoms with E-state index in [1.807, 2.05) is 37.3 Å². The highest BCUT2D eigenvalue weighted by Gasteiger charge is 2.43. The summed E-state index contributed by atoms with van der Waals surface area (Å²) >= 11 is 0. The molecule has 0 saturated carbocycles. The Hall–Kier alpha value is -0.900. The Morgan fingerprint density at radius 3 is 2.24 bits per heavy atom. The highest BCUT2D eigenvalue weighted by Crippen LogP contribution is 2.37. The summed E-state index contributed by atoms with van der Waals surface area (Å²) in [7, 11) is 0. The molecular weight excluding hydrogens is 216 g/mol. The molecule has 2 rings (SSSR count). The first-order valence-corrected chi connectivity index (χ1v) is 6.05. The third kappa shape index (κ3) is 2.68. The molecule has 0 bridgehead atoms. The van der Waals surface area contributed by atoms with Crippen LogP contribution in [0.5, 0.6) is 0 Å². The normalized spacial score (nSPS) is 22.3. The highest BCUT2D eigenvalue weighted by molar-refractivity contribution is 5.18. The van der Waals surface area contributed by atoms with E-state index in [0.29, 0.717) is 19.8 Å². The number of hydrogen-bond donors (Lipinski definition) is 0. The third-order valence-electron chi connectivity index (χ3n) is 2.77. The van der Waals surface area contributed by atoms with Gasteiger partial charge in [-0.25, -0.2) is 0 Å². The first-order chi connectivity index (χ1) is 8.08. The van der Waals surface area contributed by atoms with E-state index >= 15 is 0 Å². The summed E-state index contributed by atoms with van der Waals surface area (Å²) in [5.74, 6) is -1.02. The fourth-order valence-corrected chi connectivity index (χ4v) is 1.83. The summed E-state index contributed by atoms with van der Waals surface area (Å²) < 4.78 is 17.4. The SMILES string of the molecule is CCOC1(c2ccccc2)OCC(C)(C)CO1. The molecule has 94 valence electrons. The molecule has 1 fully saturated rings. The molecule has 1 aliphatic heterocycles. The van der Waals surface area contributed by atoms with Gasteiger partial charge in [0.15, 0.2) is 0 Å². The topological polar surface area (TPSA) is 27.7 Å². The Kier molecular flexibility index (Phi) is 3.52. The first kappa shape index (κ1) is 12.6. The molecule has 0 atom stereocenters. The predicted molar refractivity (Wildman–Crippen MR) is 65.4 cm³/mol. The van der Waals surface area contributed by atoms with E-state index < -0.39 is 5.97 Å². The molecule has 1 aromatic rings. The van der Waals surface area contributed by atoms with Crippen molar-refractivity contribution in [2.75, 3.05) is 19.8 Å². The van der Waals surface area contributed by atoms with Gasteiger partial charge >= 0.3 is 5.97 Å². The van der Waals surface area contributed by atoms with Crippen LogP contribution in [0.15, 0.2) is 30.3 Å². The Balaban J connectivity index is 2.23. The molecule has 17 heavy (non-hydrogen) atoms. The van der Waals surface area contributed by atoms with E-state index in [2.05, 4.69) is 13.8 Å². The summed E-state index contributed by atoms with van der Waals surface area (Å²) in [4.78, 5) is 0. The molecule has 0 N–H and O–H groups in total. The van der Waals surface area contributed by atoms with Crippen molar-refractivity contribution in [1.82, 2.24) is 0 Å². The maximum Gasteiger partial charge on any atom is 0.312 e. The van der Waals surface area contributed by atoms with Gasteiger partial charge in [-0.1, -0.05) is 44.2 Å². The molecule has 1 heterocycles. The average molecular weight is 236 g/mol. The van der Waals surface area contributed by atoms with Crippen LogP contribution in [-0.2, 0) is 20.2 Å². The Morgan fingerprint density at radius 1 is 1.12 bits per heavy atom.